The first-order valence-electron chi connectivity index (χ1n) is 11.0. The third kappa shape index (κ3) is 6.32. The van der Waals surface area contributed by atoms with Crippen molar-refractivity contribution in [1.29, 1.82) is 0 Å². The highest BCUT2D eigenvalue weighted by molar-refractivity contribution is 6.30. The van der Waals surface area contributed by atoms with Gasteiger partial charge < -0.3 is 20.7 Å². The van der Waals surface area contributed by atoms with Crippen LogP contribution in [0.1, 0.15) is 38.2 Å². The molecule has 1 aliphatic rings. The Morgan fingerprint density at radius 1 is 1.00 bits per heavy atom. The van der Waals surface area contributed by atoms with Gasteiger partial charge in [-0.2, -0.15) is 4.98 Å². The summed E-state index contributed by atoms with van der Waals surface area (Å²) in [6, 6.07) is 13.4. The maximum atomic E-state index is 11.4. The molecule has 0 unspecified atom stereocenters. The third-order valence-corrected chi connectivity index (χ3v) is 5.84. The molecule has 0 bridgehead atoms. The monoisotopic (exact) mass is 466 g/mol. The molecule has 0 atom stereocenters. The van der Waals surface area contributed by atoms with Crippen molar-refractivity contribution >= 4 is 40.8 Å². The number of benzene rings is 2. The molecule has 0 radical (unpaired) electrons. The van der Waals surface area contributed by atoms with Crippen LogP contribution in [0, 0.1) is 6.92 Å². The van der Waals surface area contributed by atoms with Crippen LogP contribution >= 0.6 is 11.6 Å². The van der Waals surface area contributed by atoms with Crippen LogP contribution in [-0.2, 0) is 4.79 Å². The zero-order chi connectivity index (χ0) is 23.2. The molecule has 1 fully saturated rings. The van der Waals surface area contributed by atoms with Crippen LogP contribution in [0.4, 0.5) is 23.3 Å². The molecule has 1 aromatic heterocycles. The van der Waals surface area contributed by atoms with Crippen molar-refractivity contribution in [3.05, 3.63) is 59.4 Å². The van der Waals surface area contributed by atoms with Gasteiger partial charge in [0.15, 0.2) is 0 Å². The third-order valence-electron chi connectivity index (χ3n) is 5.59. The molecule has 172 valence electrons. The highest BCUT2D eigenvalue weighted by Gasteiger charge is 2.23. The Morgan fingerprint density at radius 2 is 1.70 bits per heavy atom. The van der Waals surface area contributed by atoms with Crippen LogP contribution in [0.3, 0.4) is 0 Å². The van der Waals surface area contributed by atoms with E-state index in [2.05, 4.69) is 30.9 Å². The van der Waals surface area contributed by atoms with Gasteiger partial charge in [-0.1, -0.05) is 17.7 Å². The molecule has 0 saturated heterocycles. The molecule has 2 aromatic carbocycles. The van der Waals surface area contributed by atoms with Crippen LogP contribution in [0.5, 0.6) is 5.75 Å². The highest BCUT2D eigenvalue weighted by Crippen LogP contribution is 2.27. The number of hydrogen-bond donors (Lipinski definition) is 3. The Morgan fingerprint density at radius 3 is 2.42 bits per heavy atom. The number of aromatic nitrogens is 3. The minimum atomic E-state index is -0.116. The van der Waals surface area contributed by atoms with E-state index in [-0.39, 0.29) is 18.1 Å². The largest absolute Gasteiger partial charge is 0.490 e. The first-order chi connectivity index (χ1) is 16.0. The van der Waals surface area contributed by atoms with Gasteiger partial charge in [0.1, 0.15) is 12.1 Å². The van der Waals surface area contributed by atoms with Gasteiger partial charge in [0.25, 0.3) is 0 Å². The Balaban J connectivity index is 1.33. The Bertz CT molecular complexity index is 1100. The molecule has 1 aliphatic carbocycles. The Kier molecular flexibility index (Phi) is 7.24. The molecule has 1 heterocycles. The van der Waals surface area contributed by atoms with Crippen LogP contribution in [0.15, 0.2) is 48.8 Å². The summed E-state index contributed by atoms with van der Waals surface area (Å²) < 4.78 is 6.08. The second kappa shape index (κ2) is 10.5. The summed E-state index contributed by atoms with van der Waals surface area (Å²) in [7, 11) is 0. The van der Waals surface area contributed by atoms with Crippen molar-refractivity contribution in [2.45, 2.75) is 51.7 Å². The number of ether oxygens (including phenoxy) is 1. The predicted octanol–water partition coefficient (Wildman–Crippen LogP) is 5.34. The number of amides is 1. The van der Waals surface area contributed by atoms with Crippen molar-refractivity contribution in [3.63, 3.8) is 0 Å². The van der Waals surface area contributed by atoms with E-state index >= 15 is 0 Å². The number of halogens is 1. The zero-order valence-electron chi connectivity index (χ0n) is 18.6. The Labute approximate surface area is 198 Å². The summed E-state index contributed by atoms with van der Waals surface area (Å²) >= 11 is 5.94. The van der Waals surface area contributed by atoms with E-state index in [1.54, 1.807) is 0 Å². The fourth-order valence-corrected chi connectivity index (χ4v) is 3.98. The lowest BCUT2D eigenvalue weighted by molar-refractivity contribution is -0.114. The van der Waals surface area contributed by atoms with E-state index in [4.69, 9.17) is 16.3 Å². The predicted molar refractivity (Wildman–Crippen MR) is 130 cm³/mol. The normalized spacial score (nSPS) is 17.8. The number of nitrogens with one attached hydrogen (secondary N) is 3. The quantitative estimate of drug-likeness (QED) is 0.432. The molecule has 8 nitrogen and oxygen atoms in total. The summed E-state index contributed by atoms with van der Waals surface area (Å²) in [4.78, 5) is 24.4. The van der Waals surface area contributed by atoms with Crippen molar-refractivity contribution in [2.75, 3.05) is 16.0 Å². The van der Waals surface area contributed by atoms with Crippen molar-refractivity contribution < 1.29 is 9.53 Å². The second-order valence-corrected chi connectivity index (χ2v) is 8.54. The van der Waals surface area contributed by atoms with Gasteiger partial charge in [-0.05, 0) is 74.6 Å². The number of carbonyl (C=O) groups is 1. The van der Waals surface area contributed by atoms with Gasteiger partial charge in [0, 0.05) is 29.4 Å². The molecular formula is C24H27ClN6O2. The molecule has 4 rings (SSSR count). The van der Waals surface area contributed by atoms with Gasteiger partial charge in [-0.15, -0.1) is 0 Å². The van der Waals surface area contributed by atoms with E-state index in [9.17, 15) is 4.79 Å². The Hall–Kier alpha value is -3.39. The maximum Gasteiger partial charge on any atom is 0.232 e. The molecule has 3 N–H and O–H groups in total. The minimum Gasteiger partial charge on any atom is -0.490 e. The van der Waals surface area contributed by atoms with Gasteiger partial charge >= 0.3 is 0 Å². The van der Waals surface area contributed by atoms with Crippen LogP contribution in [0.2, 0.25) is 5.02 Å². The second-order valence-electron chi connectivity index (χ2n) is 8.11. The zero-order valence-corrected chi connectivity index (χ0v) is 19.4. The fourth-order valence-electron chi connectivity index (χ4n) is 3.86. The smallest absolute Gasteiger partial charge is 0.232 e. The van der Waals surface area contributed by atoms with Gasteiger partial charge in [-0.25, -0.2) is 9.97 Å². The lowest BCUT2D eigenvalue weighted by Crippen LogP contribution is -2.31. The van der Waals surface area contributed by atoms with Gasteiger partial charge in [-0.3, -0.25) is 4.79 Å². The summed E-state index contributed by atoms with van der Waals surface area (Å²) in [6.07, 6.45) is 5.51. The maximum absolute atomic E-state index is 11.4. The number of carbonyl (C=O) groups excluding carboxylic acids is 1. The van der Waals surface area contributed by atoms with Crippen molar-refractivity contribution in [2.24, 2.45) is 0 Å². The topological polar surface area (TPSA) is 101 Å². The van der Waals surface area contributed by atoms with Crippen molar-refractivity contribution in [3.8, 4) is 5.75 Å². The minimum absolute atomic E-state index is 0.116. The first-order valence-corrected chi connectivity index (χ1v) is 11.4. The molecule has 0 aliphatic heterocycles. The molecule has 3 aromatic rings. The van der Waals surface area contributed by atoms with Crippen LogP contribution in [-0.4, -0.2) is 33.0 Å². The molecule has 9 heteroatoms. The number of anilines is 4. The summed E-state index contributed by atoms with van der Waals surface area (Å²) in [5.74, 6) is 1.71. The van der Waals surface area contributed by atoms with E-state index in [1.807, 2.05) is 49.4 Å². The van der Waals surface area contributed by atoms with E-state index in [1.165, 1.54) is 13.3 Å². The average molecular weight is 467 g/mol. The summed E-state index contributed by atoms with van der Waals surface area (Å²) in [5.41, 5.74) is 2.47. The van der Waals surface area contributed by atoms with Crippen LogP contribution < -0.4 is 20.7 Å². The summed E-state index contributed by atoms with van der Waals surface area (Å²) in [6.45, 7) is 3.42. The molecule has 1 amide bonds. The van der Waals surface area contributed by atoms with E-state index in [0.29, 0.717) is 16.9 Å². The highest BCUT2D eigenvalue weighted by atomic mass is 35.5. The standard InChI is InChI=1S/C24H27ClN6O2/c1-15-21(28-16(2)32)4-3-5-22(15)30-24-27-14-26-23(31-24)29-18-8-12-20(13-9-18)33-19-10-6-17(25)7-11-19/h3-7,10-11,14,18,20H,8-9,12-13H2,1-2H3,(H,28,32)(H2,26,27,29,30,31)/t18-,20-. The molecule has 0 spiro atoms. The SMILES string of the molecule is CC(=O)Nc1cccc(Nc2ncnc(N[C@H]3CC[C@H](Oc4ccc(Cl)cc4)CC3)n2)c1C. The first kappa shape index (κ1) is 22.8. The molecular weight excluding hydrogens is 440 g/mol. The fraction of sp³-hybridized carbons (Fsp3) is 0.333. The van der Waals surface area contributed by atoms with Gasteiger partial charge in [0.2, 0.25) is 17.8 Å². The van der Waals surface area contributed by atoms with Crippen molar-refractivity contribution in [1.82, 2.24) is 15.0 Å². The van der Waals surface area contributed by atoms with E-state index in [0.717, 1.165) is 48.4 Å². The lowest BCUT2D eigenvalue weighted by atomic mass is 9.93. The number of nitrogens with zero attached hydrogens (tertiary/aromatic N) is 3. The average Bonchev–Trinajstić information content (AvgIpc) is 2.79. The van der Waals surface area contributed by atoms with Gasteiger partial charge in [0.05, 0.1) is 6.10 Å². The number of hydrogen-bond acceptors (Lipinski definition) is 7. The van der Waals surface area contributed by atoms with E-state index < -0.39 is 0 Å². The summed E-state index contributed by atoms with van der Waals surface area (Å²) in [5, 5.41) is 10.2. The molecule has 33 heavy (non-hydrogen) atoms. The lowest BCUT2D eigenvalue weighted by Gasteiger charge is -2.29. The van der Waals surface area contributed by atoms with Crippen LogP contribution in [0.25, 0.3) is 0 Å². The molecule has 1 saturated carbocycles. The number of rotatable bonds is 7.